The number of hydrogen-bond acceptors (Lipinski definition) is 5. The molecule has 6 heteroatoms. The van der Waals surface area contributed by atoms with Gasteiger partial charge >= 0.3 is 0 Å². The molecule has 0 saturated carbocycles. The van der Waals surface area contributed by atoms with Crippen LogP contribution in [0.2, 0.25) is 0 Å². The van der Waals surface area contributed by atoms with Crippen molar-refractivity contribution in [1.82, 2.24) is 10.2 Å². The first-order valence-corrected chi connectivity index (χ1v) is 7.99. The summed E-state index contributed by atoms with van der Waals surface area (Å²) in [7, 11) is 0. The first-order chi connectivity index (χ1) is 10.7. The van der Waals surface area contributed by atoms with E-state index in [2.05, 4.69) is 22.1 Å². The molecule has 0 N–H and O–H groups in total. The van der Waals surface area contributed by atoms with Gasteiger partial charge in [-0.2, -0.15) is 0 Å². The summed E-state index contributed by atoms with van der Waals surface area (Å²) < 4.78 is 0. The van der Waals surface area contributed by atoms with E-state index in [1.54, 1.807) is 6.08 Å². The molecule has 2 aromatic rings. The summed E-state index contributed by atoms with van der Waals surface area (Å²) in [6.07, 6.45) is 3.68. The highest BCUT2D eigenvalue weighted by Gasteiger charge is 2.31. The van der Waals surface area contributed by atoms with Crippen molar-refractivity contribution in [2.45, 2.75) is 26.7 Å². The van der Waals surface area contributed by atoms with Crippen molar-refractivity contribution in [2.24, 2.45) is 4.99 Å². The smallest absolute Gasteiger partial charge is 0.266 e. The fraction of sp³-hybridized carbons (Fsp3) is 0.250. The van der Waals surface area contributed by atoms with Crippen LogP contribution in [0.4, 0.5) is 5.13 Å². The number of amidine groups is 1. The number of aryl methyl sites for hydroxylation is 1. The van der Waals surface area contributed by atoms with Gasteiger partial charge in [0.05, 0.1) is 0 Å². The van der Waals surface area contributed by atoms with Gasteiger partial charge in [0, 0.05) is 6.42 Å². The molecule has 1 aromatic carbocycles. The number of carbonyl (C=O) groups excluding carboxylic acids is 1. The third-order valence-corrected chi connectivity index (χ3v) is 4.21. The monoisotopic (exact) mass is 312 g/mol. The first-order valence-electron chi connectivity index (χ1n) is 7.18. The lowest BCUT2D eigenvalue weighted by molar-refractivity contribution is -0.113. The van der Waals surface area contributed by atoms with Crippen LogP contribution in [0.15, 0.2) is 41.0 Å². The molecule has 0 radical (unpaired) electrons. The molecule has 1 aromatic heterocycles. The maximum absolute atomic E-state index is 12.6. The van der Waals surface area contributed by atoms with Crippen LogP contribution in [0, 0.1) is 0 Å². The third-order valence-electron chi connectivity index (χ3n) is 3.24. The highest BCUT2D eigenvalue weighted by molar-refractivity contribution is 7.15. The van der Waals surface area contributed by atoms with Gasteiger partial charge < -0.3 is 0 Å². The zero-order valence-corrected chi connectivity index (χ0v) is 13.3. The van der Waals surface area contributed by atoms with E-state index >= 15 is 0 Å². The molecule has 1 aliphatic rings. The third kappa shape index (κ3) is 2.82. The second-order valence-electron chi connectivity index (χ2n) is 4.97. The van der Waals surface area contributed by atoms with Gasteiger partial charge in [-0.15, -0.1) is 10.2 Å². The van der Waals surface area contributed by atoms with Crippen LogP contribution in [0.5, 0.6) is 0 Å². The van der Waals surface area contributed by atoms with E-state index in [0.29, 0.717) is 16.7 Å². The van der Waals surface area contributed by atoms with Gasteiger partial charge in [0.25, 0.3) is 5.91 Å². The van der Waals surface area contributed by atoms with Gasteiger partial charge in [-0.25, -0.2) is 9.89 Å². The van der Waals surface area contributed by atoms with Crippen LogP contribution < -0.4 is 4.90 Å². The predicted molar refractivity (Wildman–Crippen MR) is 88.9 cm³/mol. The summed E-state index contributed by atoms with van der Waals surface area (Å²) in [5.74, 6) is 0.479. The maximum Gasteiger partial charge on any atom is 0.284 e. The average molecular weight is 312 g/mol. The van der Waals surface area contributed by atoms with E-state index in [-0.39, 0.29) is 5.91 Å². The zero-order valence-electron chi connectivity index (χ0n) is 12.5. The molecule has 1 amide bonds. The second-order valence-corrected chi connectivity index (χ2v) is 6.01. The maximum atomic E-state index is 12.6. The van der Waals surface area contributed by atoms with Crippen LogP contribution in [-0.4, -0.2) is 21.9 Å². The molecule has 112 valence electrons. The van der Waals surface area contributed by atoms with E-state index in [1.807, 2.05) is 37.3 Å². The van der Waals surface area contributed by atoms with Crippen LogP contribution in [0.25, 0.3) is 6.08 Å². The minimum atomic E-state index is -0.152. The van der Waals surface area contributed by atoms with Gasteiger partial charge in [0.1, 0.15) is 16.5 Å². The Hall–Kier alpha value is -2.34. The Bertz CT molecular complexity index is 749. The summed E-state index contributed by atoms with van der Waals surface area (Å²) >= 11 is 1.45. The standard InChI is InChI=1S/C16H16N4OS/c1-3-7-14-18-19-16(22-14)20-11(2)17-13(15(20)21)10-12-8-5-4-6-9-12/h4-6,8-10H,3,7H2,1-2H3/b13-10-. The van der Waals surface area contributed by atoms with E-state index in [0.717, 1.165) is 23.4 Å². The highest BCUT2D eigenvalue weighted by atomic mass is 32.1. The number of anilines is 1. The van der Waals surface area contributed by atoms with Crippen LogP contribution in [0.1, 0.15) is 30.8 Å². The Labute approximate surface area is 133 Å². The summed E-state index contributed by atoms with van der Waals surface area (Å²) in [6, 6.07) is 9.69. The normalized spacial score (nSPS) is 16.5. The van der Waals surface area contributed by atoms with Gasteiger partial charge in [0.15, 0.2) is 0 Å². The van der Waals surface area contributed by atoms with Gasteiger partial charge in [-0.3, -0.25) is 4.79 Å². The molecular formula is C16H16N4OS. The number of carbonyl (C=O) groups is 1. The molecule has 0 spiro atoms. The van der Waals surface area contributed by atoms with E-state index in [1.165, 1.54) is 16.2 Å². The van der Waals surface area contributed by atoms with Crippen molar-refractivity contribution < 1.29 is 4.79 Å². The zero-order chi connectivity index (χ0) is 15.5. The minimum absolute atomic E-state index is 0.152. The number of rotatable bonds is 4. The Morgan fingerprint density at radius 3 is 2.73 bits per heavy atom. The van der Waals surface area contributed by atoms with Gasteiger partial charge in [0.2, 0.25) is 5.13 Å². The largest absolute Gasteiger partial charge is 0.284 e. The summed E-state index contributed by atoms with van der Waals surface area (Å²) in [4.78, 5) is 18.5. The van der Waals surface area contributed by atoms with Crippen molar-refractivity contribution in [2.75, 3.05) is 4.90 Å². The summed E-state index contributed by atoms with van der Waals surface area (Å²) in [5, 5.41) is 9.79. The Balaban J connectivity index is 1.88. The molecule has 0 atom stereocenters. The number of hydrogen-bond donors (Lipinski definition) is 0. The number of amides is 1. The predicted octanol–water partition coefficient (Wildman–Crippen LogP) is 3.30. The van der Waals surface area contributed by atoms with E-state index in [4.69, 9.17) is 0 Å². The van der Waals surface area contributed by atoms with Crippen molar-refractivity contribution in [3.8, 4) is 0 Å². The fourth-order valence-corrected chi connectivity index (χ4v) is 3.20. The molecule has 0 aliphatic carbocycles. The molecular weight excluding hydrogens is 296 g/mol. The van der Waals surface area contributed by atoms with Crippen molar-refractivity contribution in [3.63, 3.8) is 0 Å². The molecule has 2 heterocycles. The van der Waals surface area contributed by atoms with Crippen LogP contribution in [0.3, 0.4) is 0 Å². The lowest BCUT2D eigenvalue weighted by Gasteiger charge is -2.10. The Morgan fingerprint density at radius 1 is 1.23 bits per heavy atom. The Morgan fingerprint density at radius 2 is 2.00 bits per heavy atom. The quantitative estimate of drug-likeness (QED) is 0.814. The van der Waals surface area contributed by atoms with E-state index < -0.39 is 0 Å². The molecule has 0 unspecified atom stereocenters. The van der Waals surface area contributed by atoms with Crippen LogP contribution >= 0.6 is 11.3 Å². The number of aliphatic imine (C=N–C) groups is 1. The lowest BCUT2D eigenvalue weighted by atomic mass is 10.2. The second kappa shape index (κ2) is 6.19. The minimum Gasteiger partial charge on any atom is -0.266 e. The topological polar surface area (TPSA) is 58.5 Å². The van der Waals surface area contributed by atoms with Gasteiger partial charge in [-0.05, 0) is 25.0 Å². The van der Waals surface area contributed by atoms with E-state index in [9.17, 15) is 4.79 Å². The molecule has 0 saturated heterocycles. The van der Waals surface area contributed by atoms with Gasteiger partial charge in [-0.1, -0.05) is 48.6 Å². The first kappa shape index (κ1) is 14.6. The summed E-state index contributed by atoms with van der Waals surface area (Å²) in [5.41, 5.74) is 1.38. The lowest BCUT2D eigenvalue weighted by Crippen LogP contribution is -2.30. The number of benzene rings is 1. The molecule has 0 fully saturated rings. The molecule has 1 aliphatic heterocycles. The summed E-state index contributed by atoms with van der Waals surface area (Å²) in [6.45, 7) is 3.90. The fourth-order valence-electron chi connectivity index (χ4n) is 2.21. The van der Waals surface area contributed by atoms with Crippen molar-refractivity contribution in [3.05, 3.63) is 46.6 Å². The molecule has 3 rings (SSSR count). The molecule has 5 nitrogen and oxygen atoms in total. The average Bonchev–Trinajstić information content (AvgIpc) is 3.06. The van der Waals surface area contributed by atoms with Crippen LogP contribution in [-0.2, 0) is 11.2 Å². The number of nitrogens with zero attached hydrogens (tertiary/aromatic N) is 4. The highest BCUT2D eigenvalue weighted by Crippen LogP contribution is 2.28. The number of aromatic nitrogens is 2. The van der Waals surface area contributed by atoms with Crippen molar-refractivity contribution >= 4 is 34.3 Å². The molecule has 0 bridgehead atoms. The molecule has 22 heavy (non-hydrogen) atoms. The van der Waals surface area contributed by atoms with Crippen molar-refractivity contribution in [1.29, 1.82) is 0 Å². The Kier molecular flexibility index (Phi) is 4.11. The SMILES string of the molecule is CCCc1nnc(N2C(=O)/C(=C/c3ccccc3)N=C2C)s1.